The fourth-order valence-electron chi connectivity index (χ4n) is 2.87. The molecular formula is C13H20N4S2. The summed E-state index contributed by atoms with van der Waals surface area (Å²) in [5, 5.41) is 13.1. The zero-order valence-electron chi connectivity index (χ0n) is 11.4. The van der Waals surface area contributed by atoms with E-state index in [4.69, 9.17) is 0 Å². The molecular weight excluding hydrogens is 276 g/mol. The van der Waals surface area contributed by atoms with Crippen LogP contribution in [0.1, 0.15) is 39.5 Å². The van der Waals surface area contributed by atoms with Crippen molar-refractivity contribution in [2.45, 2.75) is 55.5 Å². The van der Waals surface area contributed by atoms with Crippen molar-refractivity contribution in [1.29, 1.82) is 5.26 Å². The normalized spacial score (nSPS) is 26.7. The van der Waals surface area contributed by atoms with Crippen molar-refractivity contribution in [3.05, 3.63) is 6.33 Å². The summed E-state index contributed by atoms with van der Waals surface area (Å²) in [5.74, 6) is 1.48. The molecule has 0 aromatic carbocycles. The van der Waals surface area contributed by atoms with Crippen molar-refractivity contribution in [2.24, 2.45) is 5.92 Å². The topological polar surface area (TPSA) is 61.6 Å². The molecule has 0 saturated heterocycles. The molecule has 4 nitrogen and oxygen atoms in total. The average molecular weight is 296 g/mol. The van der Waals surface area contributed by atoms with Gasteiger partial charge in [-0.05, 0) is 50.6 Å². The van der Waals surface area contributed by atoms with Gasteiger partial charge in [0.15, 0.2) is 4.34 Å². The average Bonchev–Trinajstić information content (AvgIpc) is 3.00. The van der Waals surface area contributed by atoms with Crippen molar-refractivity contribution in [2.75, 3.05) is 5.75 Å². The minimum Gasteiger partial charge on any atom is -0.297 e. The van der Waals surface area contributed by atoms with Crippen LogP contribution in [0.25, 0.3) is 0 Å². The summed E-state index contributed by atoms with van der Waals surface area (Å²) in [5.41, 5.74) is -0.310. The number of hydrogen-bond donors (Lipinski definition) is 1. The predicted molar refractivity (Wildman–Crippen MR) is 79.2 cm³/mol. The minimum atomic E-state index is -0.310. The zero-order chi connectivity index (χ0) is 13.7. The van der Waals surface area contributed by atoms with Crippen LogP contribution in [0.15, 0.2) is 10.7 Å². The molecule has 0 bridgehead atoms. The lowest BCUT2D eigenvalue weighted by Gasteiger charge is -2.32. The van der Waals surface area contributed by atoms with E-state index in [0.717, 1.165) is 35.8 Å². The molecule has 19 heavy (non-hydrogen) atoms. The Hall–Kier alpha value is -0.640. The van der Waals surface area contributed by atoms with Gasteiger partial charge in [-0.15, -0.1) is 0 Å². The first kappa shape index (κ1) is 14.8. The Morgan fingerprint density at radius 3 is 3.16 bits per heavy atom. The molecule has 0 amide bonds. The Labute approximate surface area is 123 Å². The maximum Gasteiger partial charge on any atom is 0.169 e. The van der Waals surface area contributed by atoms with Crippen molar-refractivity contribution in [1.82, 2.24) is 14.7 Å². The van der Waals surface area contributed by atoms with Crippen molar-refractivity contribution in [3.8, 4) is 6.07 Å². The van der Waals surface area contributed by atoms with Gasteiger partial charge in [0, 0.05) is 11.8 Å². The molecule has 0 aliphatic heterocycles. The van der Waals surface area contributed by atoms with E-state index in [1.807, 2.05) is 0 Å². The van der Waals surface area contributed by atoms with Gasteiger partial charge in [-0.2, -0.15) is 9.64 Å². The molecule has 1 aliphatic rings. The monoisotopic (exact) mass is 296 g/mol. The Bertz CT molecular complexity index is 426. The molecule has 1 aromatic rings. The van der Waals surface area contributed by atoms with E-state index in [-0.39, 0.29) is 5.54 Å². The van der Waals surface area contributed by atoms with E-state index in [0.29, 0.717) is 12.0 Å². The minimum absolute atomic E-state index is 0.310. The molecule has 0 radical (unpaired) electrons. The highest BCUT2D eigenvalue weighted by Gasteiger charge is 2.42. The highest BCUT2D eigenvalue weighted by Crippen LogP contribution is 2.39. The fraction of sp³-hybridized carbons (Fsp3) is 0.769. The lowest BCUT2D eigenvalue weighted by molar-refractivity contribution is 0.289. The van der Waals surface area contributed by atoms with Crippen molar-refractivity contribution < 1.29 is 0 Å². The molecule has 2 unspecified atom stereocenters. The number of nitrogens with zero attached hydrogens (tertiary/aromatic N) is 3. The predicted octanol–water partition coefficient (Wildman–Crippen LogP) is 3.08. The number of nitriles is 1. The molecule has 1 fully saturated rings. The number of nitrogens with one attached hydrogen (secondary N) is 1. The second-order valence-electron chi connectivity index (χ2n) is 5.32. The SMILES string of the molecule is CC(C)NC1(C#N)CCCC1CCSc1ncns1. The third-order valence-electron chi connectivity index (χ3n) is 3.60. The van der Waals surface area contributed by atoms with E-state index in [2.05, 4.69) is 34.6 Å². The maximum absolute atomic E-state index is 9.58. The number of rotatable bonds is 6. The Balaban J connectivity index is 1.89. The van der Waals surface area contributed by atoms with Crippen LogP contribution in [-0.4, -0.2) is 26.7 Å². The smallest absolute Gasteiger partial charge is 0.169 e. The highest BCUT2D eigenvalue weighted by atomic mass is 32.2. The van der Waals surface area contributed by atoms with Gasteiger partial charge in [-0.3, -0.25) is 5.32 Å². The summed E-state index contributed by atoms with van der Waals surface area (Å²) in [6.07, 6.45) is 5.96. The third-order valence-corrected chi connectivity index (χ3v) is 5.43. The first-order valence-corrected chi connectivity index (χ1v) is 8.50. The van der Waals surface area contributed by atoms with Crippen LogP contribution in [-0.2, 0) is 0 Å². The number of thioether (sulfide) groups is 1. The number of aromatic nitrogens is 2. The van der Waals surface area contributed by atoms with Crippen LogP contribution in [0.2, 0.25) is 0 Å². The van der Waals surface area contributed by atoms with Gasteiger partial charge < -0.3 is 0 Å². The Morgan fingerprint density at radius 1 is 1.68 bits per heavy atom. The molecule has 1 saturated carbocycles. The van der Waals surface area contributed by atoms with Gasteiger partial charge in [-0.1, -0.05) is 18.2 Å². The molecule has 2 rings (SSSR count). The van der Waals surface area contributed by atoms with Crippen molar-refractivity contribution in [3.63, 3.8) is 0 Å². The van der Waals surface area contributed by atoms with Gasteiger partial charge in [0.05, 0.1) is 6.07 Å². The largest absolute Gasteiger partial charge is 0.297 e. The van der Waals surface area contributed by atoms with Gasteiger partial charge in [0.2, 0.25) is 0 Å². The Kier molecular flexibility index (Phi) is 5.20. The van der Waals surface area contributed by atoms with Crippen LogP contribution < -0.4 is 5.32 Å². The van der Waals surface area contributed by atoms with Crippen LogP contribution >= 0.6 is 23.3 Å². The molecule has 1 heterocycles. The molecule has 2 atom stereocenters. The standard InChI is InChI=1S/C13H20N4S2/c1-10(2)17-13(8-14)6-3-4-11(13)5-7-18-12-15-9-16-19-12/h9-11,17H,3-7H2,1-2H3. The second kappa shape index (κ2) is 6.69. The third kappa shape index (κ3) is 3.68. The van der Waals surface area contributed by atoms with E-state index in [1.165, 1.54) is 11.5 Å². The lowest BCUT2D eigenvalue weighted by atomic mass is 9.86. The highest BCUT2D eigenvalue weighted by molar-refractivity contribution is 8.00. The van der Waals surface area contributed by atoms with Crippen molar-refractivity contribution >= 4 is 23.3 Å². The van der Waals surface area contributed by atoms with Gasteiger partial charge in [-0.25, -0.2) is 4.98 Å². The van der Waals surface area contributed by atoms with Gasteiger partial charge >= 0.3 is 0 Å². The molecule has 1 N–H and O–H groups in total. The summed E-state index contributed by atoms with van der Waals surface area (Å²) in [6.45, 7) is 4.23. The summed E-state index contributed by atoms with van der Waals surface area (Å²) < 4.78 is 5.03. The van der Waals surface area contributed by atoms with E-state index in [9.17, 15) is 5.26 Å². The second-order valence-corrected chi connectivity index (χ2v) is 7.44. The number of hydrogen-bond acceptors (Lipinski definition) is 6. The zero-order valence-corrected chi connectivity index (χ0v) is 13.1. The van der Waals surface area contributed by atoms with Gasteiger partial charge in [0.1, 0.15) is 11.9 Å². The molecule has 1 aliphatic carbocycles. The van der Waals surface area contributed by atoms with E-state index in [1.54, 1.807) is 18.1 Å². The van der Waals surface area contributed by atoms with Gasteiger partial charge in [0.25, 0.3) is 0 Å². The fourth-order valence-corrected chi connectivity index (χ4v) is 4.44. The Morgan fingerprint density at radius 2 is 2.53 bits per heavy atom. The van der Waals surface area contributed by atoms with Crippen LogP contribution in [0.3, 0.4) is 0 Å². The summed E-state index contributed by atoms with van der Waals surface area (Å²) in [7, 11) is 0. The molecule has 104 valence electrons. The van der Waals surface area contributed by atoms with E-state index >= 15 is 0 Å². The van der Waals surface area contributed by atoms with Crippen LogP contribution in [0.5, 0.6) is 0 Å². The summed E-state index contributed by atoms with van der Waals surface area (Å²) in [4.78, 5) is 4.18. The first-order valence-electron chi connectivity index (χ1n) is 6.75. The molecule has 0 spiro atoms. The molecule has 1 aromatic heterocycles. The van der Waals surface area contributed by atoms with Crippen LogP contribution in [0, 0.1) is 17.2 Å². The lowest BCUT2D eigenvalue weighted by Crippen LogP contribution is -2.50. The summed E-state index contributed by atoms with van der Waals surface area (Å²) in [6, 6.07) is 2.91. The quantitative estimate of drug-likeness (QED) is 0.817. The molecule has 6 heteroatoms. The summed E-state index contributed by atoms with van der Waals surface area (Å²) >= 11 is 3.19. The first-order chi connectivity index (χ1) is 9.16. The van der Waals surface area contributed by atoms with Crippen LogP contribution in [0.4, 0.5) is 0 Å². The van der Waals surface area contributed by atoms with E-state index < -0.39 is 0 Å². The maximum atomic E-state index is 9.58.